The van der Waals surface area contributed by atoms with Crippen LogP contribution in [0, 0.1) is 5.82 Å². The molecule has 0 radical (unpaired) electrons. The summed E-state index contributed by atoms with van der Waals surface area (Å²) >= 11 is 0.906. The number of thiazole rings is 1. The van der Waals surface area contributed by atoms with Gasteiger partial charge in [-0.1, -0.05) is 42.5 Å². The fraction of sp³-hybridized carbons (Fsp3) is 0.0303. The maximum Gasteiger partial charge on any atom is 0.277 e. The van der Waals surface area contributed by atoms with Gasteiger partial charge in [0.25, 0.3) is 11.8 Å². The Bertz CT molecular complexity index is 2280. The zero-order valence-corrected chi connectivity index (χ0v) is 24.3. The van der Waals surface area contributed by atoms with Gasteiger partial charge in [-0.3, -0.25) is 14.2 Å². The molecule has 45 heavy (non-hydrogen) atoms. The molecular formula is C33H23FN8O2S. The lowest BCUT2D eigenvalue weighted by Gasteiger charge is -2.13. The number of nitrogens with zero attached hydrogens (tertiary/aromatic N) is 5. The molecule has 0 aliphatic rings. The van der Waals surface area contributed by atoms with Gasteiger partial charge in [0.15, 0.2) is 16.5 Å². The molecule has 0 fully saturated rings. The third-order valence-electron chi connectivity index (χ3n) is 7.42. The monoisotopic (exact) mass is 614 g/mol. The van der Waals surface area contributed by atoms with E-state index in [0.717, 1.165) is 28.3 Å². The number of hydrogen-bond donors (Lipinski definition) is 3. The number of nitrogens with two attached hydrogens (primary N) is 3. The van der Waals surface area contributed by atoms with Crippen molar-refractivity contribution in [1.29, 1.82) is 0 Å². The summed E-state index contributed by atoms with van der Waals surface area (Å²) in [6.07, 6.45) is 1.66. The molecule has 0 aliphatic carbocycles. The minimum Gasteiger partial charge on any atom is -0.383 e. The fourth-order valence-electron chi connectivity index (χ4n) is 5.34. The van der Waals surface area contributed by atoms with Gasteiger partial charge in [0.2, 0.25) is 0 Å². The Labute approximate surface area is 259 Å². The second kappa shape index (κ2) is 10.9. The lowest BCUT2D eigenvalue weighted by Crippen LogP contribution is -2.16. The maximum atomic E-state index is 15.4. The van der Waals surface area contributed by atoms with Gasteiger partial charge in [0.05, 0.1) is 27.0 Å². The lowest BCUT2D eigenvalue weighted by atomic mass is 9.97. The van der Waals surface area contributed by atoms with Crippen molar-refractivity contribution in [1.82, 2.24) is 24.5 Å². The van der Waals surface area contributed by atoms with Crippen LogP contribution in [0.5, 0.6) is 0 Å². The van der Waals surface area contributed by atoms with Crippen LogP contribution in [0.1, 0.15) is 31.3 Å². The molecule has 0 saturated heterocycles. The van der Waals surface area contributed by atoms with Crippen molar-refractivity contribution in [3.8, 4) is 28.3 Å². The van der Waals surface area contributed by atoms with Gasteiger partial charge in [0.1, 0.15) is 17.2 Å². The molecule has 0 aliphatic heterocycles. The lowest BCUT2D eigenvalue weighted by molar-refractivity contribution is 0.0990. The van der Waals surface area contributed by atoms with Crippen molar-refractivity contribution in [3.05, 3.63) is 119 Å². The summed E-state index contributed by atoms with van der Waals surface area (Å²) in [7, 11) is 0. The van der Waals surface area contributed by atoms with Crippen LogP contribution in [-0.4, -0.2) is 36.3 Å². The predicted octanol–water partition coefficient (Wildman–Crippen LogP) is 5.27. The number of aromatic nitrogens is 5. The molecule has 4 heterocycles. The molecule has 0 atom stereocenters. The molecule has 7 aromatic rings. The highest BCUT2D eigenvalue weighted by molar-refractivity contribution is 7.20. The van der Waals surface area contributed by atoms with E-state index in [1.165, 1.54) is 6.07 Å². The van der Waals surface area contributed by atoms with E-state index in [1.807, 2.05) is 77.4 Å². The average molecular weight is 615 g/mol. The summed E-state index contributed by atoms with van der Waals surface area (Å²) in [6, 6.07) is 25.9. The first kappa shape index (κ1) is 27.8. The Balaban J connectivity index is 1.34. The summed E-state index contributed by atoms with van der Waals surface area (Å²) in [6.45, 7) is 0. The smallest absolute Gasteiger partial charge is 0.277 e. The van der Waals surface area contributed by atoms with Gasteiger partial charge in [-0.15, -0.1) is 11.3 Å². The number of pyridine rings is 2. The quantitative estimate of drug-likeness (QED) is 0.220. The van der Waals surface area contributed by atoms with Crippen LogP contribution < -0.4 is 17.2 Å². The number of rotatable bonds is 7. The number of amides is 2. The van der Waals surface area contributed by atoms with Crippen LogP contribution in [0.15, 0.2) is 91.1 Å². The minimum atomic E-state index is -0.851. The molecule has 7 rings (SSSR count). The molecule has 0 spiro atoms. The van der Waals surface area contributed by atoms with Gasteiger partial charge in [0, 0.05) is 29.4 Å². The number of halogens is 1. The van der Waals surface area contributed by atoms with E-state index in [1.54, 1.807) is 12.3 Å². The number of carbonyl (C=O) groups excluding carboxylic acids is 2. The van der Waals surface area contributed by atoms with Crippen molar-refractivity contribution in [3.63, 3.8) is 0 Å². The molecule has 0 saturated carbocycles. The molecule has 2 amide bonds. The molecule has 3 aromatic carbocycles. The van der Waals surface area contributed by atoms with Crippen LogP contribution in [0.2, 0.25) is 0 Å². The zero-order valence-electron chi connectivity index (χ0n) is 23.4. The van der Waals surface area contributed by atoms with Crippen LogP contribution >= 0.6 is 11.3 Å². The summed E-state index contributed by atoms with van der Waals surface area (Å²) < 4.78 is 17.6. The highest BCUT2D eigenvalue weighted by Crippen LogP contribution is 2.33. The Morgan fingerprint density at radius 1 is 0.867 bits per heavy atom. The van der Waals surface area contributed by atoms with E-state index >= 15 is 4.39 Å². The molecule has 220 valence electrons. The fourth-order valence-corrected chi connectivity index (χ4v) is 6.20. The molecule has 0 unspecified atom stereocenters. The molecular weight excluding hydrogens is 591 g/mol. The largest absolute Gasteiger partial charge is 0.383 e. The van der Waals surface area contributed by atoms with Gasteiger partial charge in [-0.05, 0) is 48.0 Å². The first-order chi connectivity index (χ1) is 21.8. The SMILES string of the molecule is NC(=O)c1nc2c(C(N)=O)c(Cc3ccc(-n4c(-c5cccnc5N)nc5ccc(-c6ccccc6)nc54)cc3)c(F)cc2s1. The van der Waals surface area contributed by atoms with Crippen molar-refractivity contribution in [2.75, 3.05) is 5.73 Å². The van der Waals surface area contributed by atoms with E-state index in [2.05, 4.69) is 9.97 Å². The number of anilines is 1. The Hall–Kier alpha value is -6.01. The standard InChI is InChI=1S/C33H23FN8O2S/c34-22-16-25-27(41-33(45-25)30(37)44)26(29(36)43)21(22)15-17-8-10-19(11-9-17)42-31(20-7-4-14-38-28(20)35)40-24-13-12-23(39-32(24)42)18-5-2-1-3-6-18/h1-14,16H,15H2,(H2,35,38)(H2,36,43)(H2,37,44). The molecule has 10 nitrogen and oxygen atoms in total. The van der Waals surface area contributed by atoms with E-state index in [4.69, 9.17) is 27.2 Å². The van der Waals surface area contributed by atoms with Crippen molar-refractivity contribution >= 4 is 50.3 Å². The summed E-state index contributed by atoms with van der Waals surface area (Å²) in [5.41, 5.74) is 22.6. The van der Waals surface area contributed by atoms with E-state index in [-0.39, 0.29) is 28.1 Å². The maximum absolute atomic E-state index is 15.4. The molecule has 6 N–H and O–H groups in total. The number of nitrogen functional groups attached to an aromatic ring is 1. The third kappa shape index (κ3) is 4.92. The van der Waals surface area contributed by atoms with E-state index < -0.39 is 17.6 Å². The number of hydrogen-bond acceptors (Lipinski definition) is 8. The van der Waals surface area contributed by atoms with Crippen LogP contribution in [0.3, 0.4) is 0 Å². The summed E-state index contributed by atoms with van der Waals surface area (Å²) in [5.74, 6) is -1.37. The Morgan fingerprint density at radius 2 is 1.64 bits per heavy atom. The number of imidazole rings is 1. The van der Waals surface area contributed by atoms with Gasteiger partial charge in [-0.25, -0.2) is 24.3 Å². The van der Waals surface area contributed by atoms with Gasteiger partial charge < -0.3 is 17.2 Å². The highest BCUT2D eigenvalue weighted by Gasteiger charge is 2.23. The Morgan fingerprint density at radius 3 is 2.36 bits per heavy atom. The predicted molar refractivity (Wildman–Crippen MR) is 171 cm³/mol. The first-order valence-corrected chi connectivity index (χ1v) is 14.6. The van der Waals surface area contributed by atoms with Crippen molar-refractivity contribution in [2.45, 2.75) is 6.42 Å². The van der Waals surface area contributed by atoms with Crippen molar-refractivity contribution in [2.24, 2.45) is 11.5 Å². The second-order valence-corrected chi connectivity index (χ2v) is 11.3. The van der Waals surface area contributed by atoms with E-state index in [0.29, 0.717) is 38.6 Å². The average Bonchev–Trinajstić information content (AvgIpc) is 3.63. The van der Waals surface area contributed by atoms with E-state index in [9.17, 15) is 9.59 Å². The summed E-state index contributed by atoms with van der Waals surface area (Å²) in [5, 5.41) is -0.0324. The zero-order chi connectivity index (χ0) is 31.2. The second-order valence-electron chi connectivity index (χ2n) is 10.3. The van der Waals surface area contributed by atoms with Crippen LogP contribution in [0.4, 0.5) is 10.2 Å². The molecule has 0 bridgehead atoms. The molecule has 4 aromatic heterocycles. The minimum absolute atomic E-state index is 0.0324. The number of fused-ring (bicyclic) bond motifs is 2. The molecule has 12 heteroatoms. The van der Waals surface area contributed by atoms with Gasteiger partial charge in [-0.2, -0.15) is 0 Å². The summed E-state index contributed by atoms with van der Waals surface area (Å²) in [4.78, 5) is 42.4. The number of benzene rings is 3. The van der Waals surface area contributed by atoms with Gasteiger partial charge >= 0.3 is 0 Å². The number of primary amides is 2. The van der Waals surface area contributed by atoms with Crippen LogP contribution in [0.25, 0.3) is 49.7 Å². The van der Waals surface area contributed by atoms with Crippen molar-refractivity contribution < 1.29 is 14.0 Å². The highest BCUT2D eigenvalue weighted by atomic mass is 32.1. The Kier molecular flexibility index (Phi) is 6.75. The third-order valence-corrected chi connectivity index (χ3v) is 8.44. The topological polar surface area (TPSA) is 169 Å². The first-order valence-electron chi connectivity index (χ1n) is 13.7. The normalized spacial score (nSPS) is 11.3. The number of carbonyl (C=O) groups is 2. The van der Waals surface area contributed by atoms with Crippen LogP contribution in [-0.2, 0) is 6.42 Å².